The van der Waals surface area contributed by atoms with Crippen LogP contribution in [0, 0.1) is 5.92 Å². The number of ether oxygens (including phenoxy) is 2. The second kappa shape index (κ2) is 8.63. The zero-order valence-corrected chi connectivity index (χ0v) is 18.3. The van der Waals surface area contributed by atoms with Gasteiger partial charge >= 0.3 is 0 Å². The molecular weight excluding hydrogens is 451 g/mol. The molecule has 0 radical (unpaired) electrons. The van der Waals surface area contributed by atoms with Gasteiger partial charge in [-0.05, 0) is 37.1 Å². The monoisotopic (exact) mass is 470 g/mol. The number of piperidine rings is 1. The van der Waals surface area contributed by atoms with Gasteiger partial charge in [-0.3, -0.25) is 4.79 Å². The zero-order chi connectivity index (χ0) is 21.3. The van der Waals surface area contributed by atoms with Crippen LogP contribution in [0.2, 0.25) is 10.0 Å². The van der Waals surface area contributed by atoms with Gasteiger partial charge < -0.3 is 14.8 Å². The molecule has 2 aromatic rings. The van der Waals surface area contributed by atoms with Gasteiger partial charge in [0.15, 0.2) is 11.5 Å². The summed E-state index contributed by atoms with van der Waals surface area (Å²) < 4.78 is 38.0. The van der Waals surface area contributed by atoms with E-state index in [2.05, 4.69) is 5.32 Å². The summed E-state index contributed by atoms with van der Waals surface area (Å²) in [6.45, 7) is 1.41. The number of nitrogens with zero attached hydrogens (tertiary/aromatic N) is 1. The Labute approximate surface area is 184 Å². The van der Waals surface area contributed by atoms with Crippen LogP contribution in [-0.2, 0) is 14.8 Å². The van der Waals surface area contributed by atoms with Crippen molar-refractivity contribution < 1.29 is 22.7 Å². The van der Waals surface area contributed by atoms with Crippen molar-refractivity contribution in [3.63, 3.8) is 0 Å². The topological polar surface area (TPSA) is 84.9 Å². The fraction of sp³-hybridized carbons (Fsp3) is 0.350. The molecule has 1 saturated heterocycles. The van der Waals surface area contributed by atoms with E-state index < -0.39 is 10.0 Å². The number of fused-ring (bicyclic) bond motifs is 1. The lowest BCUT2D eigenvalue weighted by Gasteiger charge is -2.30. The van der Waals surface area contributed by atoms with Crippen molar-refractivity contribution in [2.45, 2.75) is 17.7 Å². The summed E-state index contributed by atoms with van der Waals surface area (Å²) >= 11 is 12.1. The lowest BCUT2D eigenvalue weighted by Crippen LogP contribution is -2.41. The van der Waals surface area contributed by atoms with E-state index in [0.29, 0.717) is 53.3 Å². The number of anilines is 1. The van der Waals surface area contributed by atoms with E-state index in [1.165, 1.54) is 16.4 Å². The molecule has 2 aliphatic heterocycles. The number of carbonyl (C=O) groups is 1. The quantitative estimate of drug-likeness (QED) is 0.734. The molecule has 0 aliphatic carbocycles. The van der Waals surface area contributed by atoms with E-state index in [1.54, 1.807) is 24.3 Å². The first kappa shape index (κ1) is 21.2. The molecule has 1 amide bonds. The average molecular weight is 471 g/mol. The largest absolute Gasteiger partial charge is 0.486 e. The Morgan fingerprint density at radius 2 is 1.60 bits per heavy atom. The molecule has 0 atom stereocenters. The van der Waals surface area contributed by atoms with Gasteiger partial charge in [-0.2, -0.15) is 4.31 Å². The van der Waals surface area contributed by atoms with Gasteiger partial charge in [-0.25, -0.2) is 8.42 Å². The van der Waals surface area contributed by atoms with Gasteiger partial charge in [0.25, 0.3) is 0 Å². The highest BCUT2D eigenvalue weighted by atomic mass is 35.5. The van der Waals surface area contributed by atoms with E-state index in [-0.39, 0.29) is 29.8 Å². The molecule has 2 aromatic carbocycles. The summed E-state index contributed by atoms with van der Waals surface area (Å²) in [4.78, 5) is 12.9. The summed E-state index contributed by atoms with van der Waals surface area (Å²) in [6.07, 6.45) is 0.835. The van der Waals surface area contributed by atoms with Gasteiger partial charge in [0, 0.05) is 36.2 Å². The summed E-state index contributed by atoms with van der Waals surface area (Å²) in [5, 5.41) is 3.66. The third-order valence-electron chi connectivity index (χ3n) is 5.17. The smallest absolute Gasteiger partial charge is 0.243 e. The number of rotatable bonds is 4. The van der Waals surface area contributed by atoms with E-state index in [4.69, 9.17) is 32.7 Å². The second-order valence-corrected chi connectivity index (χ2v) is 9.88. The molecule has 0 unspecified atom stereocenters. The van der Waals surface area contributed by atoms with Crippen LogP contribution in [0.4, 0.5) is 5.69 Å². The summed E-state index contributed by atoms with van der Waals surface area (Å²) in [6, 6.07) is 9.33. The first-order valence-electron chi connectivity index (χ1n) is 9.50. The van der Waals surface area contributed by atoms with Gasteiger partial charge in [0.1, 0.15) is 13.2 Å². The van der Waals surface area contributed by atoms with Gasteiger partial charge in [0.05, 0.1) is 15.6 Å². The molecule has 1 fully saturated rings. The predicted octanol–water partition coefficient (Wildman–Crippen LogP) is 3.80. The van der Waals surface area contributed by atoms with Crippen molar-refractivity contribution in [2.75, 3.05) is 31.6 Å². The number of nitrogens with one attached hydrogen (secondary N) is 1. The maximum absolute atomic E-state index is 12.8. The molecule has 0 bridgehead atoms. The highest BCUT2D eigenvalue weighted by Gasteiger charge is 2.32. The maximum Gasteiger partial charge on any atom is 0.243 e. The third-order valence-corrected chi connectivity index (χ3v) is 7.64. The number of carbonyl (C=O) groups excluding carboxylic acids is 1. The molecule has 160 valence electrons. The van der Waals surface area contributed by atoms with Crippen LogP contribution in [0.1, 0.15) is 12.8 Å². The Kier molecular flexibility index (Phi) is 6.11. The van der Waals surface area contributed by atoms with Gasteiger partial charge in [0.2, 0.25) is 15.9 Å². The van der Waals surface area contributed by atoms with Crippen molar-refractivity contribution in [1.29, 1.82) is 0 Å². The Morgan fingerprint density at radius 3 is 2.23 bits per heavy atom. The van der Waals surface area contributed by atoms with Crippen molar-refractivity contribution in [2.24, 2.45) is 5.92 Å². The predicted molar refractivity (Wildman–Crippen MR) is 114 cm³/mol. The molecule has 0 saturated carbocycles. The number of benzene rings is 2. The standard InChI is InChI=1S/C20H20Cl2N2O5S/c21-14-1-3-15(4-2-14)30(26,27)24-7-5-13(6-8-24)20(25)23-17-12-19-18(11-16(17)22)28-9-10-29-19/h1-4,11-13H,5-10H2,(H,23,25). The lowest BCUT2D eigenvalue weighted by atomic mass is 9.97. The zero-order valence-electron chi connectivity index (χ0n) is 15.9. The Bertz CT molecular complexity index is 1050. The van der Waals surface area contributed by atoms with Crippen LogP contribution in [0.25, 0.3) is 0 Å². The minimum Gasteiger partial charge on any atom is -0.486 e. The highest BCUT2D eigenvalue weighted by molar-refractivity contribution is 7.89. The molecule has 7 nitrogen and oxygen atoms in total. The fourth-order valence-electron chi connectivity index (χ4n) is 3.51. The second-order valence-electron chi connectivity index (χ2n) is 7.10. The van der Waals surface area contributed by atoms with Gasteiger partial charge in [-0.15, -0.1) is 0 Å². The summed E-state index contributed by atoms with van der Waals surface area (Å²) in [7, 11) is -3.61. The van der Waals surface area contributed by atoms with Crippen LogP contribution in [0.5, 0.6) is 11.5 Å². The summed E-state index contributed by atoms with van der Waals surface area (Å²) in [5.74, 6) is 0.567. The molecule has 0 spiro atoms. The number of hydrogen-bond acceptors (Lipinski definition) is 5. The number of hydrogen-bond donors (Lipinski definition) is 1. The van der Waals surface area contributed by atoms with E-state index in [1.807, 2.05) is 0 Å². The summed E-state index contributed by atoms with van der Waals surface area (Å²) in [5.41, 5.74) is 0.446. The maximum atomic E-state index is 12.8. The van der Waals surface area contributed by atoms with Crippen molar-refractivity contribution in [3.05, 3.63) is 46.4 Å². The number of amides is 1. The normalized spacial score (nSPS) is 17.5. The van der Waals surface area contributed by atoms with E-state index in [9.17, 15) is 13.2 Å². The first-order valence-corrected chi connectivity index (χ1v) is 11.7. The molecule has 2 heterocycles. The Balaban J connectivity index is 1.39. The SMILES string of the molecule is O=C(Nc1cc2c(cc1Cl)OCCO2)C1CCN(S(=O)(=O)c2ccc(Cl)cc2)CC1. The third kappa shape index (κ3) is 4.37. The minimum atomic E-state index is -3.61. The molecule has 4 rings (SSSR count). The van der Waals surface area contributed by atoms with Gasteiger partial charge in [-0.1, -0.05) is 23.2 Å². The van der Waals surface area contributed by atoms with Crippen LogP contribution >= 0.6 is 23.2 Å². The Morgan fingerprint density at radius 1 is 1.00 bits per heavy atom. The number of halogens is 2. The van der Waals surface area contributed by atoms with Crippen molar-refractivity contribution in [3.8, 4) is 11.5 Å². The molecule has 30 heavy (non-hydrogen) atoms. The fourth-order valence-corrected chi connectivity index (χ4v) is 5.31. The van der Waals surface area contributed by atoms with Crippen LogP contribution in [-0.4, -0.2) is 44.9 Å². The molecule has 2 aliphatic rings. The first-order chi connectivity index (χ1) is 14.3. The van der Waals surface area contributed by atoms with Crippen LogP contribution in [0.3, 0.4) is 0 Å². The average Bonchev–Trinajstić information content (AvgIpc) is 2.74. The minimum absolute atomic E-state index is 0.192. The Hall–Kier alpha value is -2.00. The molecule has 10 heteroatoms. The van der Waals surface area contributed by atoms with Crippen LogP contribution < -0.4 is 14.8 Å². The van der Waals surface area contributed by atoms with Crippen molar-refractivity contribution >= 4 is 44.8 Å². The highest BCUT2D eigenvalue weighted by Crippen LogP contribution is 2.38. The van der Waals surface area contributed by atoms with Crippen molar-refractivity contribution in [1.82, 2.24) is 4.31 Å². The van der Waals surface area contributed by atoms with Crippen LogP contribution in [0.15, 0.2) is 41.3 Å². The molecular formula is C20H20Cl2N2O5S. The molecule has 0 aromatic heterocycles. The van der Waals surface area contributed by atoms with E-state index in [0.717, 1.165) is 0 Å². The van der Waals surface area contributed by atoms with E-state index >= 15 is 0 Å². The molecule has 1 N–H and O–H groups in total. The lowest BCUT2D eigenvalue weighted by molar-refractivity contribution is -0.120. The number of sulfonamides is 1.